The molecule has 0 radical (unpaired) electrons. The van der Waals surface area contributed by atoms with Crippen LogP contribution < -0.4 is 10.9 Å². The zero-order chi connectivity index (χ0) is 21.8. The van der Waals surface area contributed by atoms with Crippen molar-refractivity contribution in [1.29, 1.82) is 0 Å². The minimum absolute atomic E-state index is 0.00771. The molecule has 156 valence electrons. The van der Waals surface area contributed by atoms with E-state index in [2.05, 4.69) is 10.4 Å². The Labute approximate surface area is 184 Å². The summed E-state index contributed by atoms with van der Waals surface area (Å²) in [4.78, 5) is 26.0. The Balaban J connectivity index is 2.16. The predicted molar refractivity (Wildman–Crippen MR) is 118 cm³/mol. The number of rotatable bonds is 6. The average Bonchev–Trinajstić information content (AvgIpc) is 2.72. The summed E-state index contributed by atoms with van der Waals surface area (Å²) in [5.74, 6) is -0.590. The van der Waals surface area contributed by atoms with Gasteiger partial charge in [-0.3, -0.25) is 9.59 Å². The summed E-state index contributed by atoms with van der Waals surface area (Å²) in [6, 6.07) is 14.5. The van der Waals surface area contributed by atoms with Gasteiger partial charge in [-0.15, -0.1) is 0 Å². The van der Waals surface area contributed by atoms with E-state index in [4.69, 9.17) is 23.2 Å². The molecule has 8 heteroatoms. The fourth-order valence-corrected chi connectivity index (χ4v) is 3.18. The van der Waals surface area contributed by atoms with E-state index < -0.39 is 17.5 Å². The number of aromatic nitrogens is 2. The summed E-state index contributed by atoms with van der Waals surface area (Å²) in [5, 5.41) is 17.7. The Morgan fingerprint density at radius 2 is 1.80 bits per heavy atom. The Morgan fingerprint density at radius 3 is 2.40 bits per heavy atom. The zero-order valence-electron chi connectivity index (χ0n) is 16.5. The van der Waals surface area contributed by atoms with Crippen molar-refractivity contribution in [3.8, 4) is 16.9 Å². The molecule has 0 unspecified atom stereocenters. The lowest BCUT2D eigenvalue weighted by Crippen LogP contribution is -2.43. The van der Waals surface area contributed by atoms with Crippen molar-refractivity contribution in [3.05, 3.63) is 80.6 Å². The molecule has 0 aliphatic heterocycles. The van der Waals surface area contributed by atoms with Gasteiger partial charge in [0, 0.05) is 15.6 Å². The SMILES string of the molecule is CC(C)[C@@H](CO)NC(=O)c1cc(-c2ccc(Cl)cc2)nn(-c2cccc(Cl)c2)c1=O. The average molecular weight is 446 g/mol. The van der Waals surface area contributed by atoms with Crippen molar-refractivity contribution in [2.24, 2.45) is 5.92 Å². The van der Waals surface area contributed by atoms with Crippen molar-refractivity contribution in [2.45, 2.75) is 19.9 Å². The van der Waals surface area contributed by atoms with Gasteiger partial charge < -0.3 is 10.4 Å². The third kappa shape index (κ3) is 4.90. The number of halogens is 2. The summed E-state index contributed by atoms with van der Waals surface area (Å²) in [5.41, 5.74) is 0.857. The predicted octanol–water partition coefficient (Wildman–Crippen LogP) is 3.95. The van der Waals surface area contributed by atoms with Gasteiger partial charge in [0.1, 0.15) is 5.56 Å². The van der Waals surface area contributed by atoms with Gasteiger partial charge in [-0.1, -0.05) is 55.2 Å². The van der Waals surface area contributed by atoms with Crippen molar-refractivity contribution in [2.75, 3.05) is 6.61 Å². The molecule has 1 aromatic heterocycles. The molecule has 0 saturated heterocycles. The van der Waals surface area contributed by atoms with E-state index in [0.717, 1.165) is 4.68 Å². The van der Waals surface area contributed by atoms with Crippen LogP contribution in [0.2, 0.25) is 10.0 Å². The van der Waals surface area contributed by atoms with Crippen LogP contribution in [0.3, 0.4) is 0 Å². The van der Waals surface area contributed by atoms with Crippen LogP contribution in [0.1, 0.15) is 24.2 Å². The lowest BCUT2D eigenvalue weighted by atomic mass is 10.0. The summed E-state index contributed by atoms with van der Waals surface area (Å²) >= 11 is 12.1. The summed E-state index contributed by atoms with van der Waals surface area (Å²) < 4.78 is 1.15. The lowest BCUT2D eigenvalue weighted by molar-refractivity contribution is 0.0894. The van der Waals surface area contributed by atoms with Gasteiger partial charge in [0.2, 0.25) is 0 Å². The smallest absolute Gasteiger partial charge is 0.284 e. The van der Waals surface area contributed by atoms with Crippen LogP contribution in [0.25, 0.3) is 16.9 Å². The fraction of sp³-hybridized carbons (Fsp3) is 0.227. The molecule has 0 aliphatic rings. The molecule has 0 fully saturated rings. The molecule has 1 heterocycles. The summed E-state index contributed by atoms with van der Waals surface area (Å²) in [6.07, 6.45) is 0. The highest BCUT2D eigenvalue weighted by Crippen LogP contribution is 2.21. The molecule has 30 heavy (non-hydrogen) atoms. The molecule has 3 rings (SSSR count). The van der Waals surface area contributed by atoms with Crippen LogP contribution in [0.15, 0.2) is 59.4 Å². The van der Waals surface area contributed by atoms with E-state index in [9.17, 15) is 14.7 Å². The highest BCUT2D eigenvalue weighted by atomic mass is 35.5. The molecule has 3 aromatic rings. The van der Waals surface area contributed by atoms with Gasteiger partial charge in [0.05, 0.1) is 24.0 Å². The third-order valence-electron chi connectivity index (χ3n) is 4.67. The van der Waals surface area contributed by atoms with Crippen LogP contribution in [0.4, 0.5) is 0 Å². The van der Waals surface area contributed by atoms with Crippen molar-refractivity contribution < 1.29 is 9.90 Å². The molecule has 0 aliphatic carbocycles. The lowest BCUT2D eigenvalue weighted by Gasteiger charge is -2.20. The van der Waals surface area contributed by atoms with Gasteiger partial charge in [-0.05, 0) is 42.3 Å². The first-order valence-corrected chi connectivity index (χ1v) is 10.1. The molecular weight excluding hydrogens is 425 g/mol. The van der Waals surface area contributed by atoms with E-state index >= 15 is 0 Å². The summed E-state index contributed by atoms with van der Waals surface area (Å²) in [7, 11) is 0. The quantitative estimate of drug-likeness (QED) is 0.601. The number of hydrogen-bond acceptors (Lipinski definition) is 4. The number of carbonyl (C=O) groups is 1. The molecule has 0 saturated carbocycles. The number of nitrogens with one attached hydrogen (secondary N) is 1. The molecule has 2 N–H and O–H groups in total. The van der Waals surface area contributed by atoms with Crippen molar-refractivity contribution >= 4 is 29.1 Å². The molecule has 2 aromatic carbocycles. The maximum atomic E-state index is 13.1. The van der Waals surface area contributed by atoms with Crippen LogP contribution >= 0.6 is 23.2 Å². The second-order valence-electron chi connectivity index (χ2n) is 7.15. The van der Waals surface area contributed by atoms with E-state index in [-0.39, 0.29) is 18.1 Å². The van der Waals surface area contributed by atoms with E-state index in [1.54, 1.807) is 48.5 Å². The topological polar surface area (TPSA) is 84.2 Å². The molecule has 1 amide bonds. The number of aliphatic hydroxyl groups excluding tert-OH is 1. The highest BCUT2D eigenvalue weighted by molar-refractivity contribution is 6.31. The minimum Gasteiger partial charge on any atom is -0.394 e. The van der Waals surface area contributed by atoms with Crippen LogP contribution in [0, 0.1) is 5.92 Å². The molecular formula is C22H21Cl2N3O3. The standard InChI is InChI=1S/C22H21Cl2N3O3/c1-13(2)20(12-28)25-21(29)18-11-19(14-6-8-15(23)9-7-14)26-27(22(18)30)17-5-3-4-16(24)10-17/h3-11,13,20,28H,12H2,1-2H3,(H,25,29)/t20-/m1/s1. The van der Waals surface area contributed by atoms with E-state index in [1.807, 2.05) is 13.8 Å². The van der Waals surface area contributed by atoms with Gasteiger partial charge >= 0.3 is 0 Å². The first-order chi connectivity index (χ1) is 14.3. The largest absolute Gasteiger partial charge is 0.394 e. The van der Waals surface area contributed by atoms with Gasteiger partial charge in [-0.25, -0.2) is 0 Å². The van der Waals surface area contributed by atoms with E-state index in [1.165, 1.54) is 6.07 Å². The van der Waals surface area contributed by atoms with Crippen molar-refractivity contribution in [3.63, 3.8) is 0 Å². The maximum absolute atomic E-state index is 13.1. The first kappa shape index (κ1) is 22.0. The van der Waals surface area contributed by atoms with Gasteiger partial charge in [-0.2, -0.15) is 9.78 Å². The van der Waals surface area contributed by atoms with E-state index in [0.29, 0.717) is 27.0 Å². The fourth-order valence-electron chi connectivity index (χ4n) is 2.87. The Bertz CT molecular complexity index is 1110. The number of hydrogen-bond donors (Lipinski definition) is 2. The maximum Gasteiger partial charge on any atom is 0.284 e. The van der Waals surface area contributed by atoms with Gasteiger partial charge in [0.25, 0.3) is 11.5 Å². The Morgan fingerprint density at radius 1 is 1.10 bits per heavy atom. The van der Waals surface area contributed by atoms with Crippen molar-refractivity contribution in [1.82, 2.24) is 15.1 Å². The third-order valence-corrected chi connectivity index (χ3v) is 5.15. The monoisotopic (exact) mass is 445 g/mol. The van der Waals surface area contributed by atoms with Crippen LogP contribution in [-0.4, -0.2) is 33.4 Å². The highest BCUT2D eigenvalue weighted by Gasteiger charge is 2.21. The minimum atomic E-state index is -0.590. The number of aliphatic hydroxyl groups is 1. The van der Waals surface area contributed by atoms with Crippen LogP contribution in [-0.2, 0) is 0 Å². The number of nitrogens with zero attached hydrogens (tertiary/aromatic N) is 2. The van der Waals surface area contributed by atoms with Gasteiger partial charge in [0.15, 0.2) is 0 Å². The molecule has 6 nitrogen and oxygen atoms in total. The second kappa shape index (κ2) is 9.43. The Hall–Kier alpha value is -2.67. The van der Waals surface area contributed by atoms with Crippen LogP contribution in [0.5, 0.6) is 0 Å². The second-order valence-corrected chi connectivity index (χ2v) is 8.03. The first-order valence-electron chi connectivity index (χ1n) is 9.38. The molecule has 1 atom stereocenters. The molecule has 0 bridgehead atoms. The Kier molecular flexibility index (Phi) is 6.92. The normalized spacial score (nSPS) is 12.1. The molecule has 0 spiro atoms. The zero-order valence-corrected chi connectivity index (χ0v) is 18.0. The summed E-state index contributed by atoms with van der Waals surface area (Å²) in [6.45, 7) is 3.51. The number of amides is 1. The number of carbonyl (C=O) groups excluding carboxylic acids is 1. The number of benzene rings is 2.